The van der Waals surface area contributed by atoms with Gasteiger partial charge < -0.3 is 45.1 Å². The summed E-state index contributed by atoms with van der Waals surface area (Å²) >= 11 is 0. The molecular weight excluding hydrogens is 1070 g/mol. The third kappa shape index (κ3) is 7.76. The van der Waals surface area contributed by atoms with Crippen LogP contribution in [0.4, 0.5) is 0 Å². The quantitative estimate of drug-likeness (QED) is 0.0762. The fraction of sp³-hybridized carbons (Fsp3) is 0.684. The van der Waals surface area contributed by atoms with E-state index < -0.39 is 67.8 Å². The van der Waals surface area contributed by atoms with Crippen LogP contribution in [0.3, 0.4) is 0 Å². The van der Waals surface area contributed by atoms with E-state index in [0.29, 0.717) is 68.6 Å². The summed E-state index contributed by atoms with van der Waals surface area (Å²) in [6.07, 6.45) is 21.0. The Balaban J connectivity index is 0.894. The number of aliphatic hydroxyl groups is 5. The van der Waals surface area contributed by atoms with Crippen LogP contribution in [0.15, 0.2) is 84.4 Å². The third-order valence-electron chi connectivity index (χ3n) is 29.0. The molecule has 3 aromatic rings. The number of rotatable bonds is 7. The van der Waals surface area contributed by atoms with Crippen LogP contribution in [0.25, 0.3) is 0 Å². The number of likely N-dealkylation sites (N-methyl/N-ethyl adjacent to an activating group) is 1. The van der Waals surface area contributed by atoms with Gasteiger partial charge >= 0.3 is 5.97 Å². The molecular formula is C76H95NO9. The molecule has 17 rings (SSSR count). The summed E-state index contributed by atoms with van der Waals surface area (Å²) < 4.78 is 14.5. The predicted molar refractivity (Wildman–Crippen MR) is 328 cm³/mol. The second kappa shape index (κ2) is 20.4. The van der Waals surface area contributed by atoms with Crippen molar-refractivity contribution in [2.45, 2.75) is 215 Å². The van der Waals surface area contributed by atoms with Gasteiger partial charge in [0, 0.05) is 57.1 Å². The highest BCUT2D eigenvalue weighted by molar-refractivity contribution is 5.87. The SMILES string of the molecule is CNC1Cc2c(cccc2CO)C#CC2(CCCC2)CC23CCC4C(O)(CC5CC6CCC7C8OC(Cc9cccc(c9)CC9CCC(C9)C6C)CC6CC(CCc9ccccc9)CC68CC4(C=O)C57O)C2(O)CC2CC1C1OC(=O)C=C1C23CO. The Morgan fingerprint density at radius 2 is 1.57 bits per heavy atom. The van der Waals surface area contributed by atoms with Gasteiger partial charge in [-0.15, -0.1) is 0 Å². The van der Waals surface area contributed by atoms with Crippen LogP contribution >= 0.6 is 0 Å². The first-order chi connectivity index (χ1) is 41.6. The van der Waals surface area contributed by atoms with E-state index in [2.05, 4.69) is 84.7 Å². The first kappa shape index (κ1) is 57.0. The summed E-state index contributed by atoms with van der Waals surface area (Å²) in [7, 11) is 1.95. The second-order valence-corrected chi connectivity index (χ2v) is 31.9. The molecule has 6 N–H and O–H groups in total. The van der Waals surface area contributed by atoms with E-state index in [9.17, 15) is 15.0 Å². The first-order valence-corrected chi connectivity index (χ1v) is 34.5. The van der Waals surface area contributed by atoms with Crippen LogP contribution in [0.5, 0.6) is 0 Å². The summed E-state index contributed by atoms with van der Waals surface area (Å²) in [6, 6.07) is 26.0. The van der Waals surface area contributed by atoms with Crippen LogP contribution in [0, 0.1) is 104 Å². The number of carbonyl (C=O) groups is 2. The fourth-order valence-corrected chi connectivity index (χ4v) is 25.7. The number of benzene rings is 3. The molecule has 0 amide bonds. The Morgan fingerprint density at radius 3 is 2.36 bits per heavy atom. The zero-order chi connectivity index (χ0) is 58.8. The topological polar surface area (TPSA) is 166 Å². The lowest BCUT2D eigenvalue weighted by Crippen LogP contribution is -2.83. The lowest BCUT2D eigenvalue weighted by Gasteiger charge is -2.75. The molecule has 11 aliphatic carbocycles. The maximum Gasteiger partial charge on any atom is 0.331 e. The predicted octanol–water partition coefficient (Wildman–Crippen LogP) is 10.8. The normalized spacial score (nSPS) is 47.1. The molecule has 22 atom stereocenters. The molecule has 458 valence electrons. The van der Waals surface area contributed by atoms with Gasteiger partial charge in [0.25, 0.3) is 0 Å². The molecule has 10 heteroatoms. The first-order valence-electron chi connectivity index (χ1n) is 34.5. The third-order valence-corrected chi connectivity index (χ3v) is 29.0. The van der Waals surface area contributed by atoms with E-state index in [4.69, 9.17) is 9.47 Å². The van der Waals surface area contributed by atoms with Crippen molar-refractivity contribution in [3.05, 3.63) is 118 Å². The summed E-state index contributed by atoms with van der Waals surface area (Å²) in [5.74, 6) is 7.33. The standard InChI is InChI=1S/C76H95NO9/c1-46-53-19-18-50(30-53)29-48-12-8-13-49(28-48)32-59-34-56-31-51(17-16-47-10-4-3-5-11-47)38-70(56)43-71(44-79)65-23-27-72-42-69(24-6-7-25-69)26-22-52-14-9-15-55(41-78)60(52)36-64(77-2)61-35-57(73(72,45-80)63-37-66(81)86-67(61)63)40-75(72,83)74(65,82)39-58-33-54(46)20-21-62(68(70)85-59)76(58,71)84/h3-5,8-15,28,37,44,46,50-51,53-54,56-59,61-62,64-65,67-68,77-78,80,82-84H,6-7,16-21,23-25,27,29-36,38-43,45H2,1-2H3. The van der Waals surface area contributed by atoms with Crippen LogP contribution in [-0.2, 0) is 51.4 Å². The lowest BCUT2D eigenvalue weighted by atomic mass is 9.32. The van der Waals surface area contributed by atoms with Gasteiger partial charge in [-0.1, -0.05) is 98.3 Å². The van der Waals surface area contributed by atoms with Gasteiger partial charge in [0.2, 0.25) is 0 Å². The molecule has 22 unspecified atom stereocenters. The number of aliphatic hydroxyl groups excluding tert-OH is 2. The number of ether oxygens (including phenoxy) is 2. The molecule has 14 aliphatic rings. The van der Waals surface area contributed by atoms with Crippen molar-refractivity contribution in [1.29, 1.82) is 0 Å². The monoisotopic (exact) mass is 1170 g/mol. The largest absolute Gasteiger partial charge is 0.454 e. The Kier molecular flexibility index (Phi) is 13.5. The van der Waals surface area contributed by atoms with Gasteiger partial charge in [-0.3, -0.25) is 0 Å². The van der Waals surface area contributed by atoms with Gasteiger partial charge in [-0.25, -0.2) is 4.79 Å². The summed E-state index contributed by atoms with van der Waals surface area (Å²) in [5, 5.41) is 73.8. The zero-order valence-electron chi connectivity index (χ0n) is 51.2. The van der Waals surface area contributed by atoms with Crippen LogP contribution in [0.1, 0.15) is 175 Å². The molecule has 9 saturated carbocycles. The molecule has 3 spiro atoms. The van der Waals surface area contributed by atoms with E-state index in [-0.39, 0.29) is 73.9 Å². The van der Waals surface area contributed by atoms with Gasteiger partial charge in [0.1, 0.15) is 18.0 Å². The van der Waals surface area contributed by atoms with Crippen LogP contribution < -0.4 is 5.32 Å². The molecule has 10 fully saturated rings. The molecule has 1 saturated heterocycles. The van der Waals surface area contributed by atoms with Gasteiger partial charge in [-0.2, -0.15) is 0 Å². The van der Waals surface area contributed by atoms with Crippen molar-refractivity contribution in [2.24, 2.45) is 92.2 Å². The maximum atomic E-state index is 15.9. The highest BCUT2D eigenvalue weighted by atomic mass is 16.5. The van der Waals surface area contributed by atoms with Crippen LogP contribution in [0.2, 0.25) is 0 Å². The Labute approximate surface area is 510 Å². The van der Waals surface area contributed by atoms with Crippen LogP contribution in [-0.4, -0.2) is 92.6 Å². The van der Waals surface area contributed by atoms with E-state index in [1.165, 1.54) is 42.2 Å². The summed E-state index contributed by atoms with van der Waals surface area (Å²) in [5.41, 5.74) is -2.61. The molecule has 0 radical (unpaired) electrons. The Bertz CT molecular complexity index is 3270. The maximum absolute atomic E-state index is 15.9. The number of hydrogen-bond acceptors (Lipinski definition) is 10. The van der Waals surface area contributed by atoms with Crippen molar-refractivity contribution >= 4 is 12.3 Å². The van der Waals surface area contributed by atoms with E-state index in [1.807, 2.05) is 19.2 Å². The molecule has 3 aliphatic heterocycles. The molecule has 0 aromatic heterocycles. The van der Waals surface area contributed by atoms with Gasteiger partial charge in [-0.05, 0) is 242 Å². The van der Waals surface area contributed by atoms with E-state index in [0.717, 1.165) is 106 Å². The van der Waals surface area contributed by atoms with E-state index >= 15 is 20.1 Å². The number of aldehydes is 1. The smallest absolute Gasteiger partial charge is 0.331 e. The number of nitrogens with one attached hydrogen (secondary N) is 1. The number of hydrogen-bond donors (Lipinski definition) is 6. The van der Waals surface area contributed by atoms with Crippen molar-refractivity contribution in [1.82, 2.24) is 5.32 Å². The highest BCUT2D eigenvalue weighted by Crippen LogP contribution is 2.84. The highest BCUT2D eigenvalue weighted by Gasteiger charge is 2.88. The molecule has 12 bridgehead atoms. The average molecular weight is 1170 g/mol. The minimum atomic E-state index is -1.88. The summed E-state index contributed by atoms with van der Waals surface area (Å²) in [6.45, 7) is 2.03. The van der Waals surface area contributed by atoms with Gasteiger partial charge in [0.05, 0.1) is 42.0 Å². The Hall–Kier alpha value is -4.18. The minimum Gasteiger partial charge on any atom is -0.454 e. The molecule has 86 heavy (non-hydrogen) atoms. The minimum absolute atomic E-state index is 0.0331. The number of aryl methyl sites for hydroxylation is 1. The molecule has 10 nitrogen and oxygen atoms in total. The number of fused-ring (bicyclic) bond motifs is 11. The van der Waals surface area contributed by atoms with Gasteiger partial charge in [0.15, 0.2) is 0 Å². The molecule has 3 aromatic carbocycles. The number of carbonyl (C=O) groups excluding carboxylic acids is 2. The zero-order valence-corrected chi connectivity index (χ0v) is 51.2. The van der Waals surface area contributed by atoms with Crippen molar-refractivity contribution < 1.29 is 44.6 Å². The van der Waals surface area contributed by atoms with Crippen molar-refractivity contribution in [2.75, 3.05) is 13.7 Å². The van der Waals surface area contributed by atoms with E-state index in [1.54, 1.807) is 6.08 Å². The second-order valence-electron chi connectivity index (χ2n) is 31.9. The van der Waals surface area contributed by atoms with Crippen molar-refractivity contribution in [3.63, 3.8) is 0 Å². The summed E-state index contributed by atoms with van der Waals surface area (Å²) in [4.78, 5) is 30.3. The lowest BCUT2D eigenvalue weighted by molar-refractivity contribution is -0.370. The average Bonchev–Trinajstić information content (AvgIpc) is 1.18. The molecule has 3 heterocycles. The Morgan fingerprint density at radius 1 is 0.779 bits per heavy atom. The fourth-order valence-electron chi connectivity index (χ4n) is 25.7. The number of esters is 1. The van der Waals surface area contributed by atoms with Crippen molar-refractivity contribution in [3.8, 4) is 11.8 Å².